The molecule has 5 nitrogen and oxygen atoms in total. The molecule has 0 aliphatic carbocycles. The summed E-state index contributed by atoms with van der Waals surface area (Å²) >= 11 is 0. The molecule has 2 heterocycles. The van der Waals surface area contributed by atoms with Crippen molar-refractivity contribution in [3.63, 3.8) is 0 Å². The number of hydrogen-bond acceptors (Lipinski definition) is 4. The first-order chi connectivity index (χ1) is 12.1. The lowest BCUT2D eigenvalue weighted by atomic mass is 10.3. The number of rotatable bonds is 6. The number of aromatic nitrogens is 2. The molecule has 25 heavy (non-hydrogen) atoms. The van der Waals surface area contributed by atoms with Crippen LogP contribution in [0.3, 0.4) is 0 Å². The van der Waals surface area contributed by atoms with Crippen LogP contribution in [0.5, 0.6) is 11.5 Å². The van der Waals surface area contributed by atoms with Gasteiger partial charge in [-0.2, -0.15) is 4.39 Å². The Bertz CT molecular complexity index is 911. The minimum atomic E-state index is -0.690. The van der Waals surface area contributed by atoms with Crippen molar-refractivity contribution in [3.8, 4) is 17.2 Å². The normalized spacial score (nSPS) is 10.5. The number of benzene rings is 1. The van der Waals surface area contributed by atoms with E-state index >= 15 is 0 Å². The van der Waals surface area contributed by atoms with E-state index < -0.39 is 5.95 Å². The van der Waals surface area contributed by atoms with Crippen molar-refractivity contribution in [1.29, 1.82) is 0 Å². The Labute approximate surface area is 142 Å². The van der Waals surface area contributed by atoms with E-state index in [9.17, 15) is 13.6 Å². The molecule has 0 unspecified atom stereocenters. The molecule has 0 fully saturated rings. The highest BCUT2D eigenvalue weighted by atomic mass is 19.1. The molecule has 0 bridgehead atoms. The summed E-state index contributed by atoms with van der Waals surface area (Å²) in [5, 5.41) is 0. The molecule has 2 aromatic heterocycles. The van der Waals surface area contributed by atoms with Gasteiger partial charge in [-0.3, -0.25) is 9.36 Å². The van der Waals surface area contributed by atoms with Gasteiger partial charge in [0.25, 0.3) is 11.5 Å². The van der Waals surface area contributed by atoms with E-state index in [1.165, 1.54) is 53.4 Å². The van der Waals surface area contributed by atoms with Gasteiger partial charge in [-0.15, -0.1) is 0 Å². The predicted molar refractivity (Wildman–Crippen MR) is 87.2 cm³/mol. The molecule has 1 aromatic carbocycles. The lowest BCUT2D eigenvalue weighted by molar-refractivity contribution is 0.209. The van der Waals surface area contributed by atoms with Gasteiger partial charge < -0.3 is 9.47 Å². The monoisotopic (exact) mass is 344 g/mol. The average Bonchev–Trinajstić information content (AvgIpc) is 2.61. The second kappa shape index (κ2) is 7.57. The molecule has 7 heteroatoms. The van der Waals surface area contributed by atoms with Crippen molar-refractivity contribution < 1.29 is 18.3 Å². The van der Waals surface area contributed by atoms with Crippen molar-refractivity contribution in [3.05, 3.63) is 83.0 Å². The molecule has 128 valence electrons. The van der Waals surface area contributed by atoms with Gasteiger partial charge in [0.1, 0.15) is 24.8 Å². The van der Waals surface area contributed by atoms with Crippen molar-refractivity contribution in [2.75, 3.05) is 13.2 Å². The SMILES string of the molecule is O=c1cc(OCCOc2cccnc2F)ccn1-c1ccc(F)cc1. The predicted octanol–water partition coefficient (Wildman–Crippen LogP) is 2.97. The van der Waals surface area contributed by atoms with Crippen LogP contribution in [0.15, 0.2) is 65.7 Å². The molecule has 0 N–H and O–H groups in total. The van der Waals surface area contributed by atoms with Crippen LogP contribution in [-0.2, 0) is 0 Å². The molecule has 0 aliphatic heterocycles. The van der Waals surface area contributed by atoms with Gasteiger partial charge >= 0.3 is 0 Å². The highest BCUT2D eigenvalue weighted by Crippen LogP contribution is 2.13. The Balaban J connectivity index is 1.59. The van der Waals surface area contributed by atoms with Crippen molar-refractivity contribution in [1.82, 2.24) is 9.55 Å². The van der Waals surface area contributed by atoms with Gasteiger partial charge in [0, 0.05) is 24.1 Å². The number of ether oxygens (including phenoxy) is 2. The van der Waals surface area contributed by atoms with E-state index in [0.717, 1.165) is 0 Å². The largest absolute Gasteiger partial charge is 0.490 e. The quantitative estimate of drug-likeness (QED) is 0.510. The van der Waals surface area contributed by atoms with Gasteiger partial charge in [0.2, 0.25) is 0 Å². The van der Waals surface area contributed by atoms with E-state index in [-0.39, 0.29) is 30.3 Å². The molecule has 0 radical (unpaired) electrons. The van der Waals surface area contributed by atoms with Gasteiger partial charge in [-0.1, -0.05) is 0 Å². The van der Waals surface area contributed by atoms with Crippen LogP contribution in [0.25, 0.3) is 5.69 Å². The third kappa shape index (κ3) is 4.20. The Hall–Kier alpha value is -3.22. The first kappa shape index (κ1) is 16.6. The van der Waals surface area contributed by atoms with Crippen LogP contribution in [0.1, 0.15) is 0 Å². The zero-order valence-electron chi connectivity index (χ0n) is 13.1. The highest BCUT2D eigenvalue weighted by Gasteiger charge is 2.04. The molecule has 0 saturated heterocycles. The number of nitrogens with zero attached hydrogens (tertiary/aromatic N) is 2. The fourth-order valence-electron chi connectivity index (χ4n) is 2.16. The minimum absolute atomic E-state index is 0.0397. The lowest BCUT2D eigenvalue weighted by Crippen LogP contribution is -2.17. The standard InChI is InChI=1S/C18H14F2N2O3/c19-13-3-5-14(6-4-13)22-9-7-15(12-17(22)23)24-10-11-25-16-2-1-8-21-18(16)20/h1-9,12H,10-11H2. The van der Waals surface area contributed by atoms with E-state index in [2.05, 4.69) is 4.98 Å². The molecule has 0 amide bonds. The second-order valence-electron chi connectivity index (χ2n) is 5.04. The third-order valence-corrected chi connectivity index (χ3v) is 3.33. The molecule has 0 spiro atoms. The molecule has 3 rings (SSSR count). The third-order valence-electron chi connectivity index (χ3n) is 3.33. The van der Waals surface area contributed by atoms with Crippen LogP contribution in [-0.4, -0.2) is 22.8 Å². The summed E-state index contributed by atoms with van der Waals surface area (Å²) in [6, 6.07) is 11.5. The van der Waals surface area contributed by atoms with E-state index in [0.29, 0.717) is 11.4 Å². The summed E-state index contributed by atoms with van der Waals surface area (Å²) in [4.78, 5) is 15.6. The van der Waals surface area contributed by atoms with Gasteiger partial charge in [0.15, 0.2) is 5.75 Å². The second-order valence-corrected chi connectivity index (χ2v) is 5.04. The Kier molecular flexibility index (Phi) is 5.03. The van der Waals surface area contributed by atoms with Crippen molar-refractivity contribution >= 4 is 0 Å². The summed E-state index contributed by atoms with van der Waals surface area (Å²) in [7, 11) is 0. The van der Waals surface area contributed by atoms with Gasteiger partial charge in [-0.25, -0.2) is 9.37 Å². The zero-order valence-corrected chi connectivity index (χ0v) is 13.1. The fraction of sp³-hybridized carbons (Fsp3) is 0.111. The maximum absolute atomic E-state index is 13.3. The molecular weight excluding hydrogens is 330 g/mol. The molecule has 0 atom stereocenters. The first-order valence-corrected chi connectivity index (χ1v) is 7.48. The highest BCUT2D eigenvalue weighted by molar-refractivity contribution is 5.34. The summed E-state index contributed by atoms with van der Waals surface area (Å²) in [6.07, 6.45) is 2.86. The van der Waals surface area contributed by atoms with Gasteiger partial charge in [0.05, 0.1) is 0 Å². The summed E-state index contributed by atoms with van der Waals surface area (Å²) < 4.78 is 38.2. The van der Waals surface area contributed by atoms with Crippen LogP contribution in [0, 0.1) is 11.8 Å². The van der Waals surface area contributed by atoms with Crippen molar-refractivity contribution in [2.45, 2.75) is 0 Å². The van der Waals surface area contributed by atoms with E-state index in [1.54, 1.807) is 12.1 Å². The van der Waals surface area contributed by atoms with Crippen molar-refractivity contribution in [2.24, 2.45) is 0 Å². The van der Waals surface area contributed by atoms with Crippen LogP contribution >= 0.6 is 0 Å². The smallest absolute Gasteiger partial charge is 0.258 e. The summed E-state index contributed by atoms with van der Waals surface area (Å²) in [5.74, 6) is -0.664. The molecule has 3 aromatic rings. The van der Waals surface area contributed by atoms with Gasteiger partial charge in [-0.05, 0) is 42.5 Å². The van der Waals surface area contributed by atoms with E-state index in [1.807, 2.05) is 0 Å². The number of hydrogen-bond donors (Lipinski definition) is 0. The molecule has 0 saturated carbocycles. The maximum atomic E-state index is 13.3. The number of halogens is 2. The lowest BCUT2D eigenvalue weighted by Gasteiger charge is -2.10. The summed E-state index contributed by atoms with van der Waals surface area (Å²) in [5.41, 5.74) is 0.233. The Morgan fingerprint density at radius 2 is 1.76 bits per heavy atom. The minimum Gasteiger partial charge on any atom is -0.490 e. The first-order valence-electron chi connectivity index (χ1n) is 7.48. The summed E-state index contributed by atoms with van der Waals surface area (Å²) in [6.45, 7) is 0.234. The Morgan fingerprint density at radius 1 is 1.00 bits per heavy atom. The van der Waals surface area contributed by atoms with Crippen LogP contribution < -0.4 is 15.0 Å². The van der Waals surface area contributed by atoms with Crippen LogP contribution in [0.2, 0.25) is 0 Å². The zero-order chi connectivity index (χ0) is 17.6. The van der Waals surface area contributed by atoms with E-state index in [4.69, 9.17) is 9.47 Å². The van der Waals surface area contributed by atoms with Crippen LogP contribution in [0.4, 0.5) is 8.78 Å². The maximum Gasteiger partial charge on any atom is 0.258 e. The molecule has 0 aliphatic rings. The Morgan fingerprint density at radius 3 is 2.48 bits per heavy atom. The number of pyridine rings is 2. The topological polar surface area (TPSA) is 53.4 Å². The average molecular weight is 344 g/mol. The molecular formula is C18H14F2N2O3. The fourth-order valence-corrected chi connectivity index (χ4v) is 2.16.